The van der Waals surface area contributed by atoms with Gasteiger partial charge in [0.2, 0.25) is 0 Å². The summed E-state index contributed by atoms with van der Waals surface area (Å²) in [6.07, 6.45) is 2.25. The van der Waals surface area contributed by atoms with Crippen LogP contribution in [0.5, 0.6) is 0 Å². The van der Waals surface area contributed by atoms with Gasteiger partial charge in [-0.2, -0.15) is 5.26 Å². The highest BCUT2D eigenvalue weighted by atomic mass is 19.1. The third-order valence-corrected chi connectivity index (χ3v) is 0.766. The molecular formula is C6H2FN2. The minimum absolute atomic E-state index is 0.120. The maximum atomic E-state index is 12.1. The van der Waals surface area contributed by atoms with Crippen LogP contribution in [0, 0.1) is 23.2 Å². The zero-order chi connectivity index (χ0) is 6.69. The van der Waals surface area contributed by atoms with E-state index in [-0.39, 0.29) is 5.56 Å². The van der Waals surface area contributed by atoms with Crippen LogP contribution < -0.4 is 0 Å². The number of pyridine rings is 1. The molecule has 0 aliphatic heterocycles. The van der Waals surface area contributed by atoms with E-state index in [1.807, 2.05) is 0 Å². The molecule has 0 N–H and O–H groups in total. The maximum absolute atomic E-state index is 12.1. The second kappa shape index (κ2) is 2.23. The number of hydrogen-bond acceptors (Lipinski definition) is 2. The molecule has 0 aliphatic rings. The van der Waals surface area contributed by atoms with Gasteiger partial charge in [-0.05, 0) is 0 Å². The van der Waals surface area contributed by atoms with Crippen molar-refractivity contribution in [3.63, 3.8) is 0 Å². The Hall–Kier alpha value is -1.43. The molecule has 0 bridgehead atoms. The Bertz CT molecular complexity index is 251. The molecule has 9 heavy (non-hydrogen) atoms. The van der Waals surface area contributed by atoms with Gasteiger partial charge in [-0.1, -0.05) is 0 Å². The average Bonchev–Trinajstić information content (AvgIpc) is 1.88. The topological polar surface area (TPSA) is 36.7 Å². The molecule has 0 saturated carbocycles. The van der Waals surface area contributed by atoms with Crippen molar-refractivity contribution in [2.45, 2.75) is 0 Å². The molecule has 0 amide bonds. The van der Waals surface area contributed by atoms with Gasteiger partial charge in [0.25, 0.3) is 0 Å². The molecule has 0 aliphatic carbocycles. The van der Waals surface area contributed by atoms with Crippen molar-refractivity contribution in [3.05, 3.63) is 29.8 Å². The predicted molar refractivity (Wildman–Crippen MR) is 27.7 cm³/mol. The van der Waals surface area contributed by atoms with Gasteiger partial charge in [-0.25, -0.2) is 4.39 Å². The van der Waals surface area contributed by atoms with E-state index in [1.165, 1.54) is 6.20 Å². The first-order valence-corrected chi connectivity index (χ1v) is 2.26. The molecule has 0 fully saturated rings. The molecule has 3 heteroatoms. The summed E-state index contributed by atoms with van der Waals surface area (Å²) in [6.45, 7) is 0. The van der Waals surface area contributed by atoms with Crippen molar-refractivity contribution in [2.24, 2.45) is 0 Å². The van der Waals surface area contributed by atoms with Crippen LogP contribution in [0.15, 0.2) is 12.4 Å². The lowest BCUT2D eigenvalue weighted by atomic mass is 10.3. The zero-order valence-corrected chi connectivity index (χ0v) is 4.43. The van der Waals surface area contributed by atoms with Gasteiger partial charge in [-0.3, -0.25) is 4.98 Å². The minimum atomic E-state index is -0.603. The van der Waals surface area contributed by atoms with E-state index in [0.29, 0.717) is 0 Å². The third-order valence-electron chi connectivity index (χ3n) is 0.766. The molecule has 2 nitrogen and oxygen atoms in total. The first-order chi connectivity index (χ1) is 4.33. The number of hydrogen-bond donors (Lipinski definition) is 0. The Balaban J connectivity index is 3.12. The van der Waals surface area contributed by atoms with E-state index < -0.39 is 5.82 Å². The lowest BCUT2D eigenvalue weighted by Crippen LogP contribution is -1.80. The molecular weight excluding hydrogens is 119 g/mol. The van der Waals surface area contributed by atoms with Crippen molar-refractivity contribution in [1.29, 1.82) is 5.26 Å². The van der Waals surface area contributed by atoms with Gasteiger partial charge in [0, 0.05) is 12.3 Å². The maximum Gasteiger partial charge on any atom is 0.150 e. The smallest absolute Gasteiger partial charge is 0.150 e. The Kier molecular flexibility index (Phi) is 1.41. The van der Waals surface area contributed by atoms with Crippen molar-refractivity contribution in [2.75, 3.05) is 0 Å². The second-order valence-electron chi connectivity index (χ2n) is 1.41. The van der Waals surface area contributed by atoms with Crippen LogP contribution >= 0.6 is 0 Å². The third kappa shape index (κ3) is 1.23. The summed E-state index contributed by atoms with van der Waals surface area (Å²) in [5.41, 5.74) is 0.120. The van der Waals surface area contributed by atoms with Gasteiger partial charge in [-0.15, -0.1) is 0 Å². The minimum Gasteiger partial charge on any atom is -0.260 e. The second-order valence-corrected chi connectivity index (χ2v) is 1.41. The Morgan fingerprint density at radius 2 is 2.44 bits per heavy atom. The van der Waals surface area contributed by atoms with Crippen molar-refractivity contribution < 1.29 is 4.39 Å². The van der Waals surface area contributed by atoms with Crippen LogP contribution in [0.2, 0.25) is 0 Å². The molecule has 1 aromatic rings. The van der Waals surface area contributed by atoms with E-state index in [1.54, 1.807) is 6.07 Å². The fraction of sp³-hybridized carbons (Fsp3) is 0. The van der Waals surface area contributed by atoms with Crippen molar-refractivity contribution >= 4 is 0 Å². The molecule has 0 atom stereocenters. The highest BCUT2D eigenvalue weighted by Crippen LogP contribution is 1.95. The Morgan fingerprint density at radius 1 is 1.67 bits per heavy atom. The van der Waals surface area contributed by atoms with Crippen LogP contribution in [-0.2, 0) is 0 Å². The van der Waals surface area contributed by atoms with Crippen molar-refractivity contribution in [1.82, 2.24) is 4.98 Å². The number of nitriles is 1. The van der Waals surface area contributed by atoms with Crippen LogP contribution in [0.4, 0.5) is 4.39 Å². The predicted octanol–water partition coefficient (Wildman–Crippen LogP) is 0.893. The molecule has 0 saturated heterocycles. The Labute approximate surface area is 51.6 Å². The summed E-state index contributed by atoms with van der Waals surface area (Å²) in [5.74, 6) is -0.603. The van der Waals surface area contributed by atoms with Crippen LogP contribution in [0.3, 0.4) is 0 Å². The van der Waals surface area contributed by atoms with Gasteiger partial charge >= 0.3 is 0 Å². The molecule has 1 aromatic heterocycles. The SMILES string of the molecule is N#Cc1[c]c(F)cnc1. The van der Waals surface area contributed by atoms with E-state index in [2.05, 4.69) is 11.1 Å². The summed E-state index contributed by atoms with van der Waals surface area (Å²) in [6, 6.07) is 3.88. The number of halogens is 1. The molecule has 0 unspecified atom stereocenters. The normalized spacial score (nSPS) is 8.44. The van der Waals surface area contributed by atoms with Crippen molar-refractivity contribution in [3.8, 4) is 6.07 Å². The monoisotopic (exact) mass is 121 g/mol. The van der Waals surface area contributed by atoms with Gasteiger partial charge in [0.15, 0.2) is 5.82 Å². The quantitative estimate of drug-likeness (QED) is 0.511. The Morgan fingerprint density at radius 3 is 2.89 bits per heavy atom. The van der Waals surface area contributed by atoms with E-state index in [9.17, 15) is 4.39 Å². The number of nitrogens with zero attached hydrogens (tertiary/aromatic N) is 2. The molecule has 43 valence electrons. The fourth-order valence-electron chi connectivity index (χ4n) is 0.427. The van der Waals surface area contributed by atoms with Crippen LogP contribution in [0.25, 0.3) is 0 Å². The van der Waals surface area contributed by atoms with Gasteiger partial charge in [0.05, 0.1) is 11.8 Å². The summed E-state index contributed by atoms with van der Waals surface area (Å²) in [4.78, 5) is 3.43. The highest BCUT2D eigenvalue weighted by Gasteiger charge is 1.91. The molecule has 0 spiro atoms. The molecule has 1 radical (unpaired) electrons. The van der Waals surface area contributed by atoms with E-state index in [4.69, 9.17) is 5.26 Å². The largest absolute Gasteiger partial charge is 0.260 e. The first-order valence-electron chi connectivity index (χ1n) is 2.26. The number of rotatable bonds is 0. The lowest BCUT2D eigenvalue weighted by Gasteiger charge is -1.83. The summed E-state index contributed by atoms with van der Waals surface area (Å²) >= 11 is 0. The molecule has 0 aromatic carbocycles. The average molecular weight is 121 g/mol. The van der Waals surface area contributed by atoms with Gasteiger partial charge < -0.3 is 0 Å². The standard InChI is InChI=1S/C6H2FN2/c7-6-1-5(2-8)3-9-4-6/h3-4H. The van der Waals surface area contributed by atoms with E-state index in [0.717, 1.165) is 6.20 Å². The zero-order valence-electron chi connectivity index (χ0n) is 4.43. The highest BCUT2D eigenvalue weighted by molar-refractivity contribution is 5.23. The van der Waals surface area contributed by atoms with Crippen LogP contribution in [-0.4, -0.2) is 4.98 Å². The summed E-state index contributed by atoms with van der Waals surface area (Å²) < 4.78 is 12.1. The summed E-state index contributed by atoms with van der Waals surface area (Å²) in [5, 5.41) is 8.17. The summed E-state index contributed by atoms with van der Waals surface area (Å²) in [7, 11) is 0. The van der Waals surface area contributed by atoms with Crippen LogP contribution in [0.1, 0.15) is 5.56 Å². The molecule has 1 rings (SSSR count). The van der Waals surface area contributed by atoms with E-state index >= 15 is 0 Å². The fourth-order valence-corrected chi connectivity index (χ4v) is 0.427. The number of aromatic nitrogens is 1. The molecule has 1 heterocycles. The first kappa shape index (κ1) is 5.70. The lowest BCUT2D eigenvalue weighted by molar-refractivity contribution is 0.618. The van der Waals surface area contributed by atoms with Gasteiger partial charge in [0.1, 0.15) is 6.07 Å².